The number of benzene rings is 2. The number of anilines is 1. The molecule has 3 aliphatic rings. The Kier molecular flexibility index (Phi) is 6.07. The third kappa shape index (κ3) is 4.43. The van der Waals surface area contributed by atoms with Gasteiger partial charge in [0.2, 0.25) is 0 Å². The van der Waals surface area contributed by atoms with E-state index in [1.165, 1.54) is 24.1 Å². The monoisotopic (exact) mass is 507 g/mol. The van der Waals surface area contributed by atoms with Gasteiger partial charge in [-0.3, -0.25) is 9.36 Å². The smallest absolute Gasteiger partial charge is 0.261 e. The molecule has 2 saturated heterocycles. The van der Waals surface area contributed by atoms with Gasteiger partial charge in [0.25, 0.3) is 5.56 Å². The summed E-state index contributed by atoms with van der Waals surface area (Å²) in [5.41, 5.74) is 0.738. The second kappa shape index (κ2) is 9.39. The fraction of sp³-hybridized carbons (Fsp3) is 0.423. The van der Waals surface area contributed by atoms with E-state index in [0.29, 0.717) is 28.4 Å². The highest BCUT2D eigenvalue weighted by atomic mass is 32.2. The Labute approximate surface area is 211 Å². The molecule has 0 bridgehead atoms. The fourth-order valence-electron chi connectivity index (χ4n) is 4.97. The second-order valence-corrected chi connectivity index (χ2v) is 10.8. The zero-order valence-corrected chi connectivity index (χ0v) is 20.4. The number of aromatic nitrogens is 2. The van der Waals surface area contributed by atoms with Crippen LogP contribution in [0.2, 0.25) is 0 Å². The van der Waals surface area contributed by atoms with Crippen LogP contribution in [-0.2, 0) is 4.74 Å². The molecule has 1 aliphatic carbocycles. The van der Waals surface area contributed by atoms with Crippen molar-refractivity contribution in [2.24, 2.45) is 0 Å². The summed E-state index contributed by atoms with van der Waals surface area (Å²) in [5.74, 6) is -0.550. The number of ether oxygens (including phenoxy) is 2. The highest BCUT2D eigenvalue weighted by Gasteiger charge is 2.42. The molecule has 3 aromatic rings. The predicted octanol–water partition coefficient (Wildman–Crippen LogP) is 4.51. The number of hydrogen-bond acceptors (Lipinski definition) is 8. The molecule has 36 heavy (non-hydrogen) atoms. The Morgan fingerprint density at radius 2 is 2.11 bits per heavy atom. The standard InChI is InChI=1S/C26H26FN5O3S/c27-21-4-6-23(31-36-18-2-3-18)20(13-28)24(21)35-17-1-5-22-19(11-17)25(33)32(15-30-22)16-12-26(34-14-16)7-9-29-10-8-26/h1,4-6,11,15-16,18,29,31H,2-3,7-10,12,14H2. The van der Waals surface area contributed by atoms with Gasteiger partial charge in [-0.25, -0.2) is 9.37 Å². The molecule has 2 N–H and O–H groups in total. The first-order chi connectivity index (χ1) is 17.5. The predicted molar refractivity (Wildman–Crippen MR) is 136 cm³/mol. The Morgan fingerprint density at radius 1 is 1.28 bits per heavy atom. The van der Waals surface area contributed by atoms with E-state index in [1.54, 1.807) is 29.1 Å². The van der Waals surface area contributed by atoms with Gasteiger partial charge in [0, 0.05) is 5.25 Å². The van der Waals surface area contributed by atoms with E-state index in [-0.39, 0.29) is 34.3 Å². The summed E-state index contributed by atoms with van der Waals surface area (Å²) in [6.45, 7) is 2.30. The quantitative estimate of drug-likeness (QED) is 0.470. The summed E-state index contributed by atoms with van der Waals surface area (Å²) in [6.07, 6.45) is 6.46. The first-order valence-corrected chi connectivity index (χ1v) is 13.1. The summed E-state index contributed by atoms with van der Waals surface area (Å²) in [7, 11) is 0. The largest absolute Gasteiger partial charge is 0.453 e. The van der Waals surface area contributed by atoms with Crippen LogP contribution in [0.4, 0.5) is 10.1 Å². The van der Waals surface area contributed by atoms with Gasteiger partial charge in [0.05, 0.1) is 41.2 Å². The van der Waals surface area contributed by atoms with E-state index in [2.05, 4.69) is 21.1 Å². The molecule has 1 aromatic heterocycles. The molecule has 6 rings (SSSR count). The fourth-order valence-corrected chi connectivity index (χ4v) is 5.81. The number of rotatable bonds is 6. The topological polar surface area (TPSA) is 101 Å². The minimum Gasteiger partial charge on any atom is -0.453 e. The number of halogens is 1. The van der Waals surface area contributed by atoms with Crippen molar-refractivity contribution < 1.29 is 13.9 Å². The van der Waals surface area contributed by atoms with Gasteiger partial charge in [-0.1, -0.05) is 0 Å². The summed E-state index contributed by atoms with van der Waals surface area (Å²) in [6, 6.07) is 9.64. The number of nitrogens with zero attached hydrogens (tertiary/aromatic N) is 3. The molecule has 10 heteroatoms. The molecule has 0 amide bonds. The van der Waals surface area contributed by atoms with Crippen molar-refractivity contribution in [1.82, 2.24) is 14.9 Å². The maximum Gasteiger partial charge on any atom is 0.261 e. The van der Waals surface area contributed by atoms with Crippen LogP contribution in [0, 0.1) is 17.1 Å². The van der Waals surface area contributed by atoms with Crippen LogP contribution in [-0.4, -0.2) is 40.1 Å². The first-order valence-electron chi connectivity index (χ1n) is 12.2. The van der Waals surface area contributed by atoms with Gasteiger partial charge in [-0.2, -0.15) is 5.26 Å². The average molecular weight is 508 g/mol. The summed E-state index contributed by atoms with van der Waals surface area (Å²) in [4.78, 5) is 17.9. The third-order valence-electron chi connectivity index (χ3n) is 7.15. The molecule has 2 aliphatic heterocycles. The van der Waals surface area contributed by atoms with E-state index in [9.17, 15) is 14.4 Å². The van der Waals surface area contributed by atoms with Crippen molar-refractivity contribution in [3.8, 4) is 17.6 Å². The van der Waals surface area contributed by atoms with Crippen molar-refractivity contribution >= 4 is 28.5 Å². The molecule has 186 valence electrons. The van der Waals surface area contributed by atoms with Crippen LogP contribution in [0.3, 0.4) is 0 Å². The number of piperidine rings is 1. The molecular weight excluding hydrogens is 481 g/mol. The minimum atomic E-state index is -0.646. The average Bonchev–Trinajstić information content (AvgIpc) is 3.65. The molecule has 1 unspecified atom stereocenters. The van der Waals surface area contributed by atoms with Gasteiger partial charge in [-0.05, 0) is 87.5 Å². The maximum atomic E-state index is 14.7. The van der Waals surface area contributed by atoms with Gasteiger partial charge < -0.3 is 19.5 Å². The van der Waals surface area contributed by atoms with Gasteiger partial charge in [0.15, 0.2) is 11.6 Å². The van der Waals surface area contributed by atoms with Gasteiger partial charge in [-0.15, -0.1) is 0 Å². The van der Waals surface area contributed by atoms with Crippen molar-refractivity contribution in [3.63, 3.8) is 0 Å². The highest BCUT2D eigenvalue weighted by molar-refractivity contribution is 8.01. The van der Waals surface area contributed by atoms with Crippen LogP contribution >= 0.6 is 11.9 Å². The van der Waals surface area contributed by atoms with Crippen LogP contribution < -0.4 is 20.3 Å². The van der Waals surface area contributed by atoms with E-state index >= 15 is 0 Å². The van der Waals surface area contributed by atoms with Crippen LogP contribution in [0.1, 0.15) is 43.7 Å². The van der Waals surface area contributed by atoms with Crippen molar-refractivity contribution in [1.29, 1.82) is 5.26 Å². The number of hydrogen-bond donors (Lipinski definition) is 2. The maximum absolute atomic E-state index is 14.7. The summed E-state index contributed by atoms with van der Waals surface area (Å²) >= 11 is 1.53. The Morgan fingerprint density at radius 3 is 2.89 bits per heavy atom. The summed E-state index contributed by atoms with van der Waals surface area (Å²) in [5, 5.41) is 14.0. The molecule has 1 saturated carbocycles. The number of fused-ring (bicyclic) bond motifs is 1. The third-order valence-corrected chi connectivity index (χ3v) is 8.30. The van der Waals surface area contributed by atoms with Crippen molar-refractivity contribution in [2.45, 2.75) is 49.0 Å². The lowest BCUT2D eigenvalue weighted by Crippen LogP contribution is -2.41. The van der Waals surface area contributed by atoms with E-state index in [0.717, 1.165) is 45.2 Å². The Hall–Kier alpha value is -3.13. The van der Waals surface area contributed by atoms with E-state index in [1.807, 2.05) is 0 Å². The zero-order chi connectivity index (χ0) is 24.7. The molecule has 8 nitrogen and oxygen atoms in total. The van der Waals surface area contributed by atoms with Crippen molar-refractivity contribution in [3.05, 3.63) is 58.4 Å². The van der Waals surface area contributed by atoms with Crippen molar-refractivity contribution in [2.75, 3.05) is 24.4 Å². The van der Waals surface area contributed by atoms with Gasteiger partial charge in [0.1, 0.15) is 17.4 Å². The molecule has 3 fully saturated rings. The van der Waals surface area contributed by atoms with E-state index in [4.69, 9.17) is 9.47 Å². The SMILES string of the molecule is N#Cc1c(NSC2CC2)ccc(F)c1Oc1ccc2ncn(C3COC4(CCNCC4)C3)c(=O)c2c1. The number of nitriles is 1. The molecular formula is C26H26FN5O3S. The highest BCUT2D eigenvalue weighted by Crippen LogP contribution is 2.40. The second-order valence-electron chi connectivity index (χ2n) is 9.67. The normalized spacial score (nSPS) is 20.9. The first kappa shape index (κ1) is 23.3. The molecule has 2 aromatic carbocycles. The Balaban J connectivity index is 1.29. The van der Waals surface area contributed by atoms with E-state index < -0.39 is 5.82 Å². The molecule has 1 atom stereocenters. The van der Waals surface area contributed by atoms with Crippen LogP contribution in [0.15, 0.2) is 41.5 Å². The van der Waals surface area contributed by atoms with Crippen LogP contribution in [0.5, 0.6) is 11.5 Å². The zero-order valence-electron chi connectivity index (χ0n) is 19.6. The molecule has 1 spiro atoms. The van der Waals surface area contributed by atoms with Gasteiger partial charge >= 0.3 is 0 Å². The lowest BCUT2D eigenvalue weighted by atomic mass is 9.88. The minimum absolute atomic E-state index is 0.0854. The van der Waals surface area contributed by atoms with Crippen LogP contribution in [0.25, 0.3) is 10.9 Å². The molecule has 0 radical (unpaired) electrons. The lowest BCUT2D eigenvalue weighted by molar-refractivity contribution is -0.0196. The lowest BCUT2D eigenvalue weighted by Gasteiger charge is -2.32. The summed E-state index contributed by atoms with van der Waals surface area (Å²) < 4.78 is 31.6. The number of nitrogens with one attached hydrogen (secondary N) is 2. The molecule has 3 heterocycles. The Bertz CT molecular complexity index is 1410.